The number of para-hydroxylation sites is 1. The first-order valence-electron chi connectivity index (χ1n) is 21.1. The minimum Gasteiger partial charge on any atom is -0.457 e. The van der Waals surface area contributed by atoms with Crippen molar-refractivity contribution in [3.05, 3.63) is 150 Å². The van der Waals surface area contributed by atoms with Crippen LogP contribution in [0, 0.1) is 29.1 Å². The minimum absolute atomic E-state index is 0.0698. The Morgan fingerprint density at radius 3 is 1.85 bits per heavy atom. The van der Waals surface area contributed by atoms with Gasteiger partial charge in [0.05, 0.1) is 0 Å². The second-order valence-corrected chi connectivity index (χ2v) is 19.8. The molecule has 6 aromatic rings. The van der Waals surface area contributed by atoms with E-state index < -0.39 is 0 Å². The number of anilines is 3. The lowest BCUT2D eigenvalue weighted by atomic mass is 9.37. The second kappa shape index (κ2) is 10.9. The lowest BCUT2D eigenvalue weighted by Crippen LogP contribution is -2.64. The van der Waals surface area contributed by atoms with E-state index in [9.17, 15) is 0 Å². The van der Waals surface area contributed by atoms with E-state index in [4.69, 9.17) is 4.74 Å². The lowest BCUT2D eigenvalue weighted by molar-refractivity contribution is -0.0882. The third-order valence-corrected chi connectivity index (χ3v) is 16.2. The van der Waals surface area contributed by atoms with E-state index in [1.54, 1.807) is 0 Å². The topological polar surface area (TPSA) is 12.5 Å². The fraction of sp³-hybridized carbons (Fsp3) is 0.358. The van der Waals surface area contributed by atoms with Gasteiger partial charge in [0.2, 0.25) is 0 Å². The van der Waals surface area contributed by atoms with Gasteiger partial charge in [0.15, 0.2) is 0 Å². The van der Waals surface area contributed by atoms with Gasteiger partial charge in [0.25, 0.3) is 0 Å². The van der Waals surface area contributed by atoms with Crippen LogP contribution >= 0.6 is 0 Å². The smallest absolute Gasteiger partial charge is 0.133 e. The molecule has 0 aromatic heterocycles. The molecule has 4 atom stereocenters. The van der Waals surface area contributed by atoms with Gasteiger partial charge in [-0.2, -0.15) is 0 Å². The Bertz CT molecular complexity index is 2530. The van der Waals surface area contributed by atoms with Crippen LogP contribution in [0.1, 0.15) is 94.9 Å². The maximum Gasteiger partial charge on any atom is 0.133 e. The number of fused-ring (bicyclic) bond motifs is 10. The summed E-state index contributed by atoms with van der Waals surface area (Å²) in [6.45, 7) is 9.72. The number of nitrogens with zero attached hydrogens (tertiary/aromatic N) is 1. The molecule has 2 nitrogen and oxygen atoms in total. The maximum atomic E-state index is 7.04. The molecule has 0 saturated heterocycles. The van der Waals surface area contributed by atoms with E-state index in [0.29, 0.717) is 5.41 Å². The van der Waals surface area contributed by atoms with Crippen LogP contribution in [0.2, 0.25) is 0 Å². The summed E-state index contributed by atoms with van der Waals surface area (Å²) in [4.78, 5) is 2.49. The van der Waals surface area contributed by atoms with Gasteiger partial charge >= 0.3 is 0 Å². The Balaban J connectivity index is 1.01. The Morgan fingerprint density at radius 1 is 0.491 bits per heavy atom. The van der Waals surface area contributed by atoms with Gasteiger partial charge < -0.3 is 9.64 Å². The third kappa shape index (κ3) is 4.32. The van der Waals surface area contributed by atoms with Crippen molar-refractivity contribution in [1.82, 2.24) is 0 Å². The zero-order valence-electron chi connectivity index (χ0n) is 32.7. The summed E-state index contributed by atoms with van der Waals surface area (Å²) in [6, 6.07) is 48.4. The molecule has 1 heterocycles. The first-order valence-corrected chi connectivity index (χ1v) is 21.1. The summed E-state index contributed by atoms with van der Waals surface area (Å²) in [6.07, 6.45) is 9.58. The van der Waals surface area contributed by atoms with Crippen LogP contribution < -0.4 is 9.64 Å². The highest BCUT2D eigenvalue weighted by Crippen LogP contribution is 2.84. The number of hydrogen-bond acceptors (Lipinski definition) is 2. The standard InChI is InChI=1S/C53H51NO/c1-50(2)23-24-51(3,4)45-29-40(19-21-42(45)50)54(39-17-15-36(16-18-39)38-14-13-35-9-5-6-10-37(35)28-38)41-20-22-44-47(30-41)55-46-12-8-7-11-43(46)53(44)48-26-33-25-34-27-49(53)52(48,31-33)32-34/h5-22,28-30,33-34,48-49H,23-27,31-32H2,1-4H3. The quantitative estimate of drug-likeness (QED) is 0.180. The summed E-state index contributed by atoms with van der Waals surface area (Å²) in [5.74, 6) is 5.42. The van der Waals surface area contributed by atoms with Crippen molar-refractivity contribution in [2.75, 3.05) is 4.90 Å². The van der Waals surface area contributed by atoms with Crippen LogP contribution in [0.3, 0.4) is 0 Å². The molecule has 0 amide bonds. The van der Waals surface area contributed by atoms with Gasteiger partial charge in [0, 0.05) is 39.7 Å². The fourth-order valence-electron chi connectivity index (χ4n) is 13.9. The van der Waals surface area contributed by atoms with E-state index in [1.165, 1.54) is 94.8 Å². The molecular weight excluding hydrogens is 667 g/mol. The van der Waals surface area contributed by atoms with Crippen molar-refractivity contribution < 1.29 is 4.74 Å². The molecule has 274 valence electrons. The Hall–Kier alpha value is -4.82. The normalized spacial score (nSPS) is 29.5. The zero-order valence-corrected chi connectivity index (χ0v) is 32.7. The number of hydrogen-bond donors (Lipinski definition) is 0. The SMILES string of the molecule is CC1(C)CCC(C)(C)c2cc(N(c3ccc(-c4ccc5ccccc5c4)cc3)c3ccc4c(c3)Oc3ccccc3C43C4CC5CC6CC3C4(C5)C6)ccc21. The average Bonchev–Trinajstić information content (AvgIpc) is 3.59. The average molecular weight is 718 g/mol. The largest absolute Gasteiger partial charge is 0.457 e. The van der Waals surface area contributed by atoms with E-state index in [0.717, 1.165) is 46.5 Å². The van der Waals surface area contributed by atoms with Crippen LogP contribution in [-0.2, 0) is 16.2 Å². The highest BCUT2D eigenvalue weighted by molar-refractivity contribution is 5.88. The van der Waals surface area contributed by atoms with Gasteiger partial charge in [-0.15, -0.1) is 0 Å². The molecule has 1 aliphatic heterocycles. The minimum atomic E-state index is 0.0698. The monoisotopic (exact) mass is 717 g/mol. The first-order chi connectivity index (χ1) is 26.6. The lowest BCUT2D eigenvalue weighted by Gasteiger charge is -2.66. The van der Waals surface area contributed by atoms with Gasteiger partial charge in [-0.05, 0) is 160 Å². The molecule has 3 bridgehead atoms. The zero-order chi connectivity index (χ0) is 36.9. The van der Waals surface area contributed by atoms with E-state index >= 15 is 0 Å². The van der Waals surface area contributed by atoms with Gasteiger partial charge in [-0.1, -0.05) is 107 Å². The Labute approximate surface area is 326 Å². The van der Waals surface area contributed by atoms with Crippen molar-refractivity contribution in [2.45, 2.75) is 88.9 Å². The van der Waals surface area contributed by atoms with Gasteiger partial charge in [-0.25, -0.2) is 0 Å². The van der Waals surface area contributed by atoms with Crippen LogP contribution in [0.15, 0.2) is 127 Å². The summed E-state index contributed by atoms with van der Waals surface area (Å²) >= 11 is 0. The summed E-state index contributed by atoms with van der Waals surface area (Å²) in [7, 11) is 0. The molecule has 4 saturated carbocycles. The predicted octanol–water partition coefficient (Wildman–Crippen LogP) is 14.2. The van der Waals surface area contributed by atoms with Crippen LogP contribution in [0.4, 0.5) is 17.1 Å². The van der Waals surface area contributed by atoms with Crippen molar-refractivity contribution >= 4 is 27.8 Å². The van der Waals surface area contributed by atoms with E-state index in [2.05, 4.69) is 160 Å². The van der Waals surface area contributed by atoms with Gasteiger partial charge in [0.1, 0.15) is 11.5 Å². The van der Waals surface area contributed by atoms with E-state index in [-0.39, 0.29) is 16.2 Å². The van der Waals surface area contributed by atoms with Crippen molar-refractivity contribution in [3.63, 3.8) is 0 Å². The Morgan fingerprint density at radius 2 is 1.09 bits per heavy atom. The molecule has 2 spiro atoms. The second-order valence-electron chi connectivity index (χ2n) is 19.8. The highest BCUT2D eigenvalue weighted by Gasteiger charge is 2.79. The molecule has 12 rings (SSSR count). The molecule has 5 aliphatic carbocycles. The van der Waals surface area contributed by atoms with Crippen LogP contribution in [-0.4, -0.2) is 0 Å². The third-order valence-electron chi connectivity index (χ3n) is 16.2. The number of benzene rings is 6. The summed E-state index contributed by atoms with van der Waals surface area (Å²) < 4.78 is 7.04. The molecule has 0 radical (unpaired) electrons. The molecule has 6 aliphatic rings. The first kappa shape index (κ1) is 32.4. The fourth-order valence-corrected chi connectivity index (χ4v) is 13.9. The molecule has 55 heavy (non-hydrogen) atoms. The summed E-state index contributed by atoms with van der Waals surface area (Å²) in [5.41, 5.74) is 12.8. The molecule has 4 unspecified atom stereocenters. The van der Waals surface area contributed by atoms with Crippen LogP contribution in [0.25, 0.3) is 21.9 Å². The predicted molar refractivity (Wildman–Crippen MR) is 226 cm³/mol. The number of ether oxygens (including phenoxy) is 1. The summed E-state index contributed by atoms with van der Waals surface area (Å²) in [5, 5.41) is 2.55. The van der Waals surface area contributed by atoms with E-state index in [1.807, 2.05) is 0 Å². The molecule has 6 aromatic carbocycles. The van der Waals surface area contributed by atoms with Crippen LogP contribution in [0.5, 0.6) is 11.5 Å². The molecule has 0 N–H and O–H groups in total. The van der Waals surface area contributed by atoms with Crippen molar-refractivity contribution in [1.29, 1.82) is 0 Å². The molecule has 2 heteroatoms. The molecule has 4 fully saturated rings. The molecular formula is C53H51NO. The van der Waals surface area contributed by atoms with Gasteiger partial charge in [-0.3, -0.25) is 0 Å². The van der Waals surface area contributed by atoms with Crippen molar-refractivity contribution in [2.24, 2.45) is 29.1 Å². The maximum absolute atomic E-state index is 7.04. The number of rotatable bonds is 4. The Kier molecular flexibility index (Phi) is 6.45. The highest BCUT2D eigenvalue weighted by atomic mass is 16.5. The van der Waals surface area contributed by atoms with Crippen molar-refractivity contribution in [3.8, 4) is 22.6 Å².